The van der Waals surface area contributed by atoms with Crippen molar-refractivity contribution < 1.29 is 4.79 Å². The molecule has 1 N–H and O–H groups in total. The number of rotatable bonds is 3. The number of Topliss-reactive ketones (excluding diaryl/α,β-unsaturated/α-hetero) is 1. The molecule has 0 aromatic carbocycles. The second-order valence-corrected chi connectivity index (χ2v) is 3.41. The van der Waals surface area contributed by atoms with Gasteiger partial charge in [0.05, 0.1) is 11.6 Å². The van der Waals surface area contributed by atoms with E-state index < -0.39 is 0 Å². The summed E-state index contributed by atoms with van der Waals surface area (Å²) in [5.41, 5.74) is 4.02. The summed E-state index contributed by atoms with van der Waals surface area (Å²) in [5, 5.41) is 0. The van der Waals surface area contributed by atoms with Crippen molar-refractivity contribution in [1.82, 2.24) is 4.98 Å². The van der Waals surface area contributed by atoms with Gasteiger partial charge in [0.15, 0.2) is 5.78 Å². The summed E-state index contributed by atoms with van der Waals surface area (Å²) in [6, 6.07) is 0. The molecule has 0 unspecified atom stereocenters. The molecule has 0 amide bonds. The lowest BCUT2D eigenvalue weighted by Gasteiger charge is -1.96. The van der Waals surface area contributed by atoms with Gasteiger partial charge in [0.1, 0.15) is 0 Å². The van der Waals surface area contributed by atoms with Crippen molar-refractivity contribution in [1.29, 1.82) is 0 Å². The van der Waals surface area contributed by atoms with Crippen LogP contribution in [0.15, 0.2) is 0 Å². The zero-order valence-corrected chi connectivity index (χ0v) is 8.96. The number of hydrogen-bond acceptors (Lipinski definition) is 1. The molecule has 72 valence electrons. The number of ketones is 1. The van der Waals surface area contributed by atoms with E-state index >= 15 is 0 Å². The van der Waals surface area contributed by atoms with Crippen molar-refractivity contribution >= 4 is 17.4 Å². The molecule has 1 heterocycles. The zero-order valence-electron chi connectivity index (χ0n) is 8.20. The first-order valence-corrected chi connectivity index (χ1v) is 4.92. The van der Waals surface area contributed by atoms with Gasteiger partial charge < -0.3 is 4.98 Å². The van der Waals surface area contributed by atoms with Crippen LogP contribution < -0.4 is 0 Å². The molecule has 1 aromatic rings. The Hall–Kier alpha value is -0.760. The van der Waals surface area contributed by atoms with Crippen LogP contribution in [0.3, 0.4) is 0 Å². The predicted molar refractivity (Wildman–Crippen MR) is 54.7 cm³/mol. The number of halogens is 1. The minimum atomic E-state index is -0.0260. The standard InChI is InChI=1S/C10H14ClNO/c1-4-8-6(2)10(9(13)5-11)12-7(8)3/h12H,4-5H2,1-3H3. The summed E-state index contributed by atoms with van der Waals surface area (Å²) < 4.78 is 0. The van der Waals surface area contributed by atoms with Crippen molar-refractivity contribution in [2.75, 3.05) is 5.88 Å². The number of carbonyl (C=O) groups excluding carboxylic acids is 1. The molecular formula is C10H14ClNO. The maximum absolute atomic E-state index is 11.4. The molecule has 0 aliphatic rings. The van der Waals surface area contributed by atoms with Crippen molar-refractivity contribution in [2.24, 2.45) is 0 Å². The highest BCUT2D eigenvalue weighted by Gasteiger charge is 2.14. The lowest BCUT2D eigenvalue weighted by molar-refractivity contribution is 0.101. The van der Waals surface area contributed by atoms with Crippen LogP contribution in [0.4, 0.5) is 0 Å². The molecule has 0 aliphatic heterocycles. The summed E-state index contributed by atoms with van der Waals surface area (Å²) in [5.74, 6) is 0.0196. The van der Waals surface area contributed by atoms with E-state index in [-0.39, 0.29) is 11.7 Å². The lowest BCUT2D eigenvalue weighted by atomic mass is 10.1. The van der Waals surface area contributed by atoms with E-state index in [0.717, 1.165) is 17.7 Å². The van der Waals surface area contributed by atoms with E-state index in [2.05, 4.69) is 11.9 Å². The average molecular weight is 200 g/mol. The molecule has 1 rings (SSSR count). The van der Waals surface area contributed by atoms with Crippen molar-refractivity contribution in [3.05, 3.63) is 22.5 Å². The Morgan fingerprint density at radius 2 is 2.08 bits per heavy atom. The van der Waals surface area contributed by atoms with E-state index in [1.54, 1.807) is 0 Å². The SMILES string of the molecule is CCc1c(C)[nH]c(C(=O)CCl)c1C. The van der Waals surface area contributed by atoms with E-state index in [4.69, 9.17) is 11.6 Å². The Balaban J connectivity index is 3.18. The van der Waals surface area contributed by atoms with Crippen molar-refractivity contribution in [3.63, 3.8) is 0 Å². The zero-order chi connectivity index (χ0) is 10.0. The highest BCUT2D eigenvalue weighted by Crippen LogP contribution is 2.18. The molecule has 2 nitrogen and oxygen atoms in total. The second-order valence-electron chi connectivity index (χ2n) is 3.14. The smallest absolute Gasteiger partial charge is 0.193 e. The lowest BCUT2D eigenvalue weighted by Crippen LogP contribution is -2.02. The largest absolute Gasteiger partial charge is 0.356 e. The van der Waals surface area contributed by atoms with Gasteiger partial charge in [-0.1, -0.05) is 6.92 Å². The van der Waals surface area contributed by atoms with Crippen LogP contribution in [0.5, 0.6) is 0 Å². The minimum absolute atomic E-state index is 0.0260. The molecule has 0 atom stereocenters. The summed E-state index contributed by atoms with van der Waals surface area (Å²) in [7, 11) is 0. The normalized spacial score (nSPS) is 10.5. The molecule has 0 fully saturated rings. The van der Waals surface area contributed by atoms with Crippen LogP contribution in [-0.4, -0.2) is 16.6 Å². The Labute approximate surface area is 83.3 Å². The van der Waals surface area contributed by atoms with Crippen molar-refractivity contribution in [2.45, 2.75) is 27.2 Å². The first-order valence-electron chi connectivity index (χ1n) is 4.39. The maximum Gasteiger partial charge on any atom is 0.193 e. The van der Waals surface area contributed by atoms with Crippen LogP contribution in [0.25, 0.3) is 0 Å². The van der Waals surface area contributed by atoms with E-state index in [0.29, 0.717) is 5.69 Å². The fourth-order valence-electron chi connectivity index (χ4n) is 1.66. The summed E-state index contributed by atoms with van der Waals surface area (Å²) >= 11 is 5.49. The average Bonchev–Trinajstić information content (AvgIpc) is 2.40. The van der Waals surface area contributed by atoms with E-state index in [1.807, 2.05) is 13.8 Å². The Bertz CT molecular complexity index is 328. The number of aromatic nitrogens is 1. The van der Waals surface area contributed by atoms with Crippen LogP contribution in [-0.2, 0) is 6.42 Å². The number of H-pyrrole nitrogens is 1. The fourth-order valence-corrected chi connectivity index (χ4v) is 1.80. The van der Waals surface area contributed by atoms with Crippen LogP contribution >= 0.6 is 11.6 Å². The maximum atomic E-state index is 11.4. The number of aromatic amines is 1. The third kappa shape index (κ3) is 1.78. The van der Waals surface area contributed by atoms with Gasteiger partial charge in [-0.3, -0.25) is 4.79 Å². The summed E-state index contributed by atoms with van der Waals surface area (Å²) in [6.45, 7) is 6.02. The molecule has 0 spiro atoms. The molecule has 1 aromatic heterocycles. The first-order chi connectivity index (χ1) is 6.11. The van der Waals surface area contributed by atoms with Gasteiger partial charge in [0.25, 0.3) is 0 Å². The van der Waals surface area contributed by atoms with Crippen LogP contribution in [0.1, 0.15) is 34.2 Å². The summed E-state index contributed by atoms with van der Waals surface area (Å²) in [4.78, 5) is 14.4. The molecule has 3 heteroatoms. The Morgan fingerprint density at radius 3 is 2.46 bits per heavy atom. The van der Waals surface area contributed by atoms with Gasteiger partial charge >= 0.3 is 0 Å². The topological polar surface area (TPSA) is 32.9 Å². The van der Waals surface area contributed by atoms with Gasteiger partial charge in [-0.2, -0.15) is 0 Å². The third-order valence-corrected chi connectivity index (χ3v) is 2.59. The monoisotopic (exact) mass is 199 g/mol. The second kappa shape index (κ2) is 3.97. The number of aryl methyl sites for hydroxylation is 1. The Morgan fingerprint density at radius 1 is 1.46 bits per heavy atom. The molecular weight excluding hydrogens is 186 g/mol. The van der Waals surface area contributed by atoms with Gasteiger partial charge in [0, 0.05) is 5.69 Å². The van der Waals surface area contributed by atoms with E-state index in [1.165, 1.54) is 5.56 Å². The molecule has 0 saturated carbocycles. The minimum Gasteiger partial charge on any atom is -0.356 e. The molecule has 13 heavy (non-hydrogen) atoms. The Kier molecular flexibility index (Phi) is 3.15. The number of carbonyl (C=O) groups is 1. The summed E-state index contributed by atoms with van der Waals surface area (Å²) in [6.07, 6.45) is 0.948. The highest BCUT2D eigenvalue weighted by atomic mass is 35.5. The van der Waals surface area contributed by atoms with Gasteiger partial charge in [-0.15, -0.1) is 11.6 Å². The number of alkyl halides is 1. The molecule has 0 saturated heterocycles. The highest BCUT2D eigenvalue weighted by molar-refractivity contribution is 6.30. The van der Waals surface area contributed by atoms with E-state index in [9.17, 15) is 4.79 Å². The van der Waals surface area contributed by atoms with Crippen LogP contribution in [0, 0.1) is 13.8 Å². The quantitative estimate of drug-likeness (QED) is 0.589. The molecule has 0 radical (unpaired) electrons. The number of hydrogen-bond donors (Lipinski definition) is 1. The van der Waals surface area contributed by atoms with Gasteiger partial charge in [-0.25, -0.2) is 0 Å². The number of nitrogens with one attached hydrogen (secondary N) is 1. The first kappa shape index (κ1) is 10.3. The molecule has 0 aliphatic carbocycles. The van der Waals surface area contributed by atoms with Crippen LogP contribution in [0.2, 0.25) is 0 Å². The van der Waals surface area contributed by atoms with Gasteiger partial charge in [0.2, 0.25) is 0 Å². The molecule has 0 bridgehead atoms. The fraction of sp³-hybridized carbons (Fsp3) is 0.500. The van der Waals surface area contributed by atoms with Gasteiger partial charge in [-0.05, 0) is 31.4 Å². The predicted octanol–water partition coefficient (Wildman–Crippen LogP) is 2.62. The third-order valence-electron chi connectivity index (χ3n) is 2.35. The van der Waals surface area contributed by atoms with Crippen molar-refractivity contribution in [3.8, 4) is 0 Å².